The molecule has 0 atom stereocenters. The van der Waals surface area contributed by atoms with E-state index in [-0.39, 0.29) is 5.91 Å². The molecule has 0 unspecified atom stereocenters. The van der Waals surface area contributed by atoms with Crippen LogP contribution in [0.15, 0.2) is 54.6 Å². The molecule has 0 aliphatic heterocycles. The SMILES string of the molecule is Cc1ccc2c(NC(=O)c3cccc(N(C)C)c3)cccc2n1. The Balaban J connectivity index is 1.93. The van der Waals surface area contributed by atoms with Crippen LogP contribution in [-0.2, 0) is 0 Å². The standard InChI is InChI=1S/C19H19N3O/c1-13-10-11-16-17(20-13)8-5-9-18(16)21-19(23)14-6-4-7-15(12-14)22(2)3/h4-12H,1-3H3,(H,21,23). The molecule has 0 aliphatic rings. The number of nitrogens with zero attached hydrogens (tertiary/aromatic N) is 2. The van der Waals surface area contributed by atoms with Crippen LogP contribution in [0.5, 0.6) is 0 Å². The molecule has 0 saturated heterocycles. The largest absolute Gasteiger partial charge is 0.378 e. The molecule has 0 spiro atoms. The molecule has 0 aliphatic carbocycles. The van der Waals surface area contributed by atoms with Crippen molar-refractivity contribution in [2.75, 3.05) is 24.3 Å². The van der Waals surface area contributed by atoms with Gasteiger partial charge < -0.3 is 10.2 Å². The number of rotatable bonds is 3. The maximum absolute atomic E-state index is 12.5. The van der Waals surface area contributed by atoms with Crippen molar-refractivity contribution in [1.29, 1.82) is 0 Å². The van der Waals surface area contributed by atoms with E-state index in [0.717, 1.165) is 28.0 Å². The number of anilines is 2. The van der Waals surface area contributed by atoms with E-state index in [1.807, 2.05) is 80.5 Å². The molecule has 4 nitrogen and oxygen atoms in total. The van der Waals surface area contributed by atoms with Crippen LogP contribution >= 0.6 is 0 Å². The molecule has 1 amide bonds. The zero-order chi connectivity index (χ0) is 16.4. The molecular formula is C19H19N3O. The molecule has 23 heavy (non-hydrogen) atoms. The van der Waals surface area contributed by atoms with Gasteiger partial charge in [-0.05, 0) is 49.4 Å². The number of nitrogens with one attached hydrogen (secondary N) is 1. The van der Waals surface area contributed by atoms with Crippen molar-refractivity contribution in [3.63, 3.8) is 0 Å². The fraction of sp³-hybridized carbons (Fsp3) is 0.158. The first-order valence-electron chi connectivity index (χ1n) is 7.50. The second kappa shape index (κ2) is 6.08. The Bertz CT molecular complexity index is 871. The summed E-state index contributed by atoms with van der Waals surface area (Å²) in [5, 5.41) is 3.93. The Morgan fingerprint density at radius 2 is 1.83 bits per heavy atom. The Morgan fingerprint density at radius 1 is 1.04 bits per heavy atom. The number of amides is 1. The van der Waals surface area contributed by atoms with Crippen molar-refractivity contribution < 1.29 is 4.79 Å². The number of carbonyl (C=O) groups is 1. The molecule has 1 N–H and O–H groups in total. The molecule has 116 valence electrons. The molecule has 0 bridgehead atoms. The smallest absolute Gasteiger partial charge is 0.255 e. The lowest BCUT2D eigenvalue weighted by Crippen LogP contribution is -2.14. The Kier molecular flexibility index (Phi) is 3.98. The fourth-order valence-corrected chi connectivity index (χ4v) is 2.49. The quantitative estimate of drug-likeness (QED) is 0.799. The third kappa shape index (κ3) is 3.16. The topological polar surface area (TPSA) is 45.2 Å². The summed E-state index contributed by atoms with van der Waals surface area (Å²) in [7, 11) is 3.91. The highest BCUT2D eigenvalue weighted by Gasteiger charge is 2.10. The highest BCUT2D eigenvalue weighted by atomic mass is 16.1. The molecule has 0 fully saturated rings. The number of benzene rings is 2. The van der Waals surface area contributed by atoms with Crippen molar-refractivity contribution in [2.45, 2.75) is 6.92 Å². The van der Waals surface area contributed by atoms with Gasteiger partial charge >= 0.3 is 0 Å². The second-order valence-corrected chi connectivity index (χ2v) is 5.72. The summed E-state index contributed by atoms with van der Waals surface area (Å²) >= 11 is 0. The highest BCUT2D eigenvalue weighted by Crippen LogP contribution is 2.23. The molecule has 1 heterocycles. The predicted octanol–water partition coefficient (Wildman–Crippen LogP) is 3.86. The zero-order valence-corrected chi connectivity index (χ0v) is 13.5. The van der Waals surface area contributed by atoms with Gasteiger partial charge in [-0.2, -0.15) is 0 Å². The first kappa shape index (κ1) is 15.0. The van der Waals surface area contributed by atoms with Crippen LogP contribution in [0.2, 0.25) is 0 Å². The lowest BCUT2D eigenvalue weighted by molar-refractivity contribution is 0.102. The van der Waals surface area contributed by atoms with Gasteiger partial charge in [0.15, 0.2) is 0 Å². The minimum absolute atomic E-state index is 0.123. The average Bonchev–Trinajstić information content (AvgIpc) is 2.54. The summed E-state index contributed by atoms with van der Waals surface area (Å²) in [6, 6.07) is 17.2. The van der Waals surface area contributed by atoms with Crippen LogP contribution in [0.3, 0.4) is 0 Å². The molecule has 4 heteroatoms. The van der Waals surface area contributed by atoms with Crippen LogP contribution in [0.4, 0.5) is 11.4 Å². The van der Waals surface area contributed by atoms with Crippen molar-refractivity contribution in [3.05, 3.63) is 65.9 Å². The van der Waals surface area contributed by atoms with Crippen LogP contribution in [-0.4, -0.2) is 25.0 Å². The van der Waals surface area contributed by atoms with E-state index in [1.54, 1.807) is 0 Å². The maximum Gasteiger partial charge on any atom is 0.255 e. The van der Waals surface area contributed by atoms with Gasteiger partial charge in [-0.3, -0.25) is 9.78 Å². The van der Waals surface area contributed by atoms with Gasteiger partial charge in [0.05, 0.1) is 11.2 Å². The minimum atomic E-state index is -0.123. The number of pyridine rings is 1. The van der Waals surface area contributed by atoms with E-state index in [2.05, 4.69) is 10.3 Å². The molecule has 0 radical (unpaired) electrons. The molecule has 1 aromatic heterocycles. The fourth-order valence-electron chi connectivity index (χ4n) is 2.49. The summed E-state index contributed by atoms with van der Waals surface area (Å²) in [6.07, 6.45) is 0. The van der Waals surface area contributed by atoms with Crippen LogP contribution in [0.25, 0.3) is 10.9 Å². The number of fused-ring (bicyclic) bond motifs is 1. The van der Waals surface area contributed by atoms with Crippen LogP contribution in [0, 0.1) is 6.92 Å². The van der Waals surface area contributed by atoms with E-state index in [9.17, 15) is 4.79 Å². The number of hydrogen-bond donors (Lipinski definition) is 1. The van der Waals surface area contributed by atoms with Gasteiger partial charge in [0.1, 0.15) is 0 Å². The summed E-state index contributed by atoms with van der Waals surface area (Å²) in [5.74, 6) is -0.123. The lowest BCUT2D eigenvalue weighted by atomic mass is 10.1. The molecule has 0 saturated carbocycles. The number of aryl methyl sites for hydroxylation is 1. The molecule has 3 rings (SSSR count). The first-order chi connectivity index (χ1) is 11.0. The third-order valence-corrected chi connectivity index (χ3v) is 3.74. The highest BCUT2D eigenvalue weighted by molar-refractivity contribution is 6.09. The van der Waals surface area contributed by atoms with Gasteiger partial charge in [0.25, 0.3) is 5.91 Å². The van der Waals surface area contributed by atoms with Crippen molar-refractivity contribution in [1.82, 2.24) is 4.98 Å². The summed E-state index contributed by atoms with van der Waals surface area (Å²) in [5.41, 5.74) is 4.24. The van der Waals surface area contributed by atoms with E-state index in [4.69, 9.17) is 0 Å². The molecule has 2 aromatic carbocycles. The normalized spacial score (nSPS) is 10.6. The van der Waals surface area contributed by atoms with E-state index >= 15 is 0 Å². The Labute approximate surface area is 135 Å². The zero-order valence-electron chi connectivity index (χ0n) is 13.5. The van der Waals surface area contributed by atoms with Crippen molar-refractivity contribution >= 4 is 28.2 Å². The lowest BCUT2D eigenvalue weighted by Gasteiger charge is -2.14. The number of hydrogen-bond acceptors (Lipinski definition) is 3. The Hall–Kier alpha value is -2.88. The summed E-state index contributed by atoms with van der Waals surface area (Å²) in [6.45, 7) is 1.96. The van der Waals surface area contributed by atoms with Crippen LogP contribution in [0.1, 0.15) is 16.1 Å². The molecule has 3 aromatic rings. The average molecular weight is 305 g/mol. The Morgan fingerprint density at radius 3 is 2.61 bits per heavy atom. The van der Waals surface area contributed by atoms with E-state index in [0.29, 0.717) is 5.56 Å². The first-order valence-corrected chi connectivity index (χ1v) is 7.50. The van der Waals surface area contributed by atoms with Gasteiger partial charge in [-0.1, -0.05) is 12.1 Å². The second-order valence-electron chi connectivity index (χ2n) is 5.72. The van der Waals surface area contributed by atoms with Crippen molar-refractivity contribution in [3.8, 4) is 0 Å². The van der Waals surface area contributed by atoms with Gasteiger partial charge in [-0.15, -0.1) is 0 Å². The third-order valence-electron chi connectivity index (χ3n) is 3.74. The van der Waals surface area contributed by atoms with E-state index < -0.39 is 0 Å². The summed E-state index contributed by atoms with van der Waals surface area (Å²) < 4.78 is 0. The van der Waals surface area contributed by atoms with Gasteiger partial charge in [0, 0.05) is 36.4 Å². The van der Waals surface area contributed by atoms with E-state index in [1.165, 1.54) is 0 Å². The van der Waals surface area contributed by atoms with Crippen LogP contribution < -0.4 is 10.2 Å². The maximum atomic E-state index is 12.5. The number of carbonyl (C=O) groups excluding carboxylic acids is 1. The minimum Gasteiger partial charge on any atom is -0.378 e. The predicted molar refractivity (Wildman–Crippen MR) is 95.2 cm³/mol. The van der Waals surface area contributed by atoms with Crippen molar-refractivity contribution in [2.24, 2.45) is 0 Å². The van der Waals surface area contributed by atoms with Gasteiger partial charge in [-0.25, -0.2) is 0 Å². The number of aromatic nitrogens is 1. The molecular weight excluding hydrogens is 286 g/mol. The monoisotopic (exact) mass is 305 g/mol. The van der Waals surface area contributed by atoms with Gasteiger partial charge in [0.2, 0.25) is 0 Å². The summed E-state index contributed by atoms with van der Waals surface area (Å²) in [4.78, 5) is 19.0.